The summed E-state index contributed by atoms with van der Waals surface area (Å²) in [4.78, 5) is 1.99. The number of anilines is 1. The second kappa shape index (κ2) is 5.32. The molecule has 106 valence electrons. The highest BCUT2D eigenvalue weighted by Gasteiger charge is 2.34. The van der Waals surface area contributed by atoms with E-state index in [0.717, 1.165) is 12.8 Å². The summed E-state index contributed by atoms with van der Waals surface area (Å²) in [6, 6.07) is 4.68. The number of hydrogen-bond acceptors (Lipinski definition) is 2. The zero-order valence-corrected chi connectivity index (χ0v) is 12.1. The van der Waals surface area contributed by atoms with Gasteiger partial charge in [0.1, 0.15) is 0 Å². The molecule has 2 atom stereocenters. The van der Waals surface area contributed by atoms with E-state index in [1.807, 2.05) is 11.8 Å². The quantitative estimate of drug-likeness (QED) is 0.845. The third kappa shape index (κ3) is 3.23. The van der Waals surface area contributed by atoms with Crippen LogP contribution in [-0.2, 0) is 6.18 Å². The molecule has 1 aliphatic heterocycles. The maximum Gasteiger partial charge on any atom is 0.417 e. The summed E-state index contributed by atoms with van der Waals surface area (Å²) in [5.41, 5.74) is 5.85. The molecule has 2 unspecified atom stereocenters. The fraction of sp³-hybridized carbons (Fsp3) is 0.538. The fourth-order valence-corrected chi connectivity index (χ4v) is 2.97. The molecule has 1 aromatic carbocycles. The molecule has 1 aliphatic rings. The lowest BCUT2D eigenvalue weighted by Gasteiger charge is -2.38. The lowest BCUT2D eigenvalue weighted by Crippen LogP contribution is -2.45. The van der Waals surface area contributed by atoms with Gasteiger partial charge >= 0.3 is 6.18 Å². The van der Waals surface area contributed by atoms with E-state index >= 15 is 0 Å². The van der Waals surface area contributed by atoms with Crippen LogP contribution in [0.25, 0.3) is 0 Å². The van der Waals surface area contributed by atoms with Gasteiger partial charge in [-0.15, -0.1) is 0 Å². The standard InChI is InChI=1S/C13H16BrF3N2/c1-8-6-9(18)4-5-19(8)10-2-3-12(14)11(7-10)13(15,16)17/h2-3,7-9H,4-6,18H2,1H3. The Morgan fingerprint density at radius 2 is 2.05 bits per heavy atom. The summed E-state index contributed by atoms with van der Waals surface area (Å²) in [7, 11) is 0. The number of alkyl halides is 3. The first kappa shape index (κ1) is 14.7. The molecule has 2 nitrogen and oxygen atoms in total. The van der Waals surface area contributed by atoms with Gasteiger partial charge < -0.3 is 10.6 Å². The number of piperidine rings is 1. The van der Waals surface area contributed by atoms with Gasteiger partial charge in [0.25, 0.3) is 0 Å². The first-order valence-electron chi connectivity index (χ1n) is 6.18. The smallest absolute Gasteiger partial charge is 0.369 e. The number of nitrogens with two attached hydrogens (primary N) is 1. The van der Waals surface area contributed by atoms with E-state index in [2.05, 4.69) is 15.9 Å². The Morgan fingerprint density at radius 1 is 1.37 bits per heavy atom. The maximum absolute atomic E-state index is 12.9. The van der Waals surface area contributed by atoms with Gasteiger partial charge in [-0.1, -0.05) is 15.9 Å². The van der Waals surface area contributed by atoms with E-state index in [-0.39, 0.29) is 16.6 Å². The van der Waals surface area contributed by atoms with Gasteiger partial charge in [0.15, 0.2) is 0 Å². The molecule has 1 fully saturated rings. The fourth-order valence-electron chi connectivity index (χ4n) is 2.50. The predicted octanol–water partition coefficient (Wildman–Crippen LogP) is 3.78. The normalized spacial score (nSPS) is 24.6. The Bertz CT molecular complexity index is 462. The molecule has 2 rings (SSSR count). The van der Waals surface area contributed by atoms with Gasteiger partial charge in [0.2, 0.25) is 0 Å². The van der Waals surface area contributed by atoms with Gasteiger partial charge in [0.05, 0.1) is 5.56 Å². The summed E-state index contributed by atoms with van der Waals surface area (Å²) in [6.45, 7) is 2.69. The second-order valence-electron chi connectivity index (χ2n) is 4.99. The molecule has 0 radical (unpaired) electrons. The lowest BCUT2D eigenvalue weighted by molar-refractivity contribution is -0.138. The summed E-state index contributed by atoms with van der Waals surface area (Å²) in [5, 5.41) is 0. The van der Waals surface area contributed by atoms with Crippen molar-refractivity contribution in [2.45, 2.75) is 38.0 Å². The van der Waals surface area contributed by atoms with Gasteiger partial charge in [-0.25, -0.2) is 0 Å². The average molecular weight is 337 g/mol. The van der Waals surface area contributed by atoms with E-state index in [1.165, 1.54) is 12.1 Å². The molecule has 0 aromatic heterocycles. The molecule has 0 amide bonds. The minimum atomic E-state index is -4.34. The zero-order valence-electron chi connectivity index (χ0n) is 10.5. The Morgan fingerprint density at radius 3 is 2.63 bits per heavy atom. The number of hydrogen-bond donors (Lipinski definition) is 1. The Kier molecular flexibility index (Phi) is 4.11. The van der Waals surface area contributed by atoms with Crippen LogP contribution in [0.5, 0.6) is 0 Å². The Hall–Kier alpha value is -0.750. The van der Waals surface area contributed by atoms with E-state index in [0.29, 0.717) is 12.2 Å². The number of rotatable bonds is 1. The van der Waals surface area contributed by atoms with E-state index in [1.54, 1.807) is 6.07 Å². The molecule has 1 aromatic rings. The molecule has 2 N–H and O–H groups in total. The number of benzene rings is 1. The molecule has 1 saturated heterocycles. The van der Waals surface area contributed by atoms with Crippen LogP contribution >= 0.6 is 15.9 Å². The van der Waals surface area contributed by atoms with Crippen LogP contribution in [0.2, 0.25) is 0 Å². The summed E-state index contributed by atoms with van der Waals surface area (Å²) < 4.78 is 38.7. The molecule has 6 heteroatoms. The highest BCUT2D eigenvalue weighted by molar-refractivity contribution is 9.10. The van der Waals surface area contributed by atoms with Crippen molar-refractivity contribution in [3.63, 3.8) is 0 Å². The van der Waals surface area contributed by atoms with Crippen molar-refractivity contribution in [1.29, 1.82) is 0 Å². The van der Waals surface area contributed by atoms with Gasteiger partial charge in [-0.05, 0) is 38.0 Å². The Balaban J connectivity index is 2.31. The third-order valence-electron chi connectivity index (χ3n) is 3.50. The molecule has 0 spiro atoms. The molecule has 0 saturated carbocycles. The van der Waals surface area contributed by atoms with Crippen LogP contribution in [-0.4, -0.2) is 18.6 Å². The molecule has 1 heterocycles. The highest BCUT2D eigenvalue weighted by atomic mass is 79.9. The first-order valence-corrected chi connectivity index (χ1v) is 6.97. The van der Waals surface area contributed by atoms with Crippen molar-refractivity contribution in [3.8, 4) is 0 Å². The summed E-state index contributed by atoms with van der Waals surface area (Å²) in [5.74, 6) is 0. The van der Waals surface area contributed by atoms with Crippen molar-refractivity contribution in [1.82, 2.24) is 0 Å². The largest absolute Gasteiger partial charge is 0.417 e. The van der Waals surface area contributed by atoms with Crippen LogP contribution in [0.4, 0.5) is 18.9 Å². The average Bonchev–Trinajstić information content (AvgIpc) is 2.29. The van der Waals surface area contributed by atoms with Crippen molar-refractivity contribution in [2.75, 3.05) is 11.4 Å². The van der Waals surface area contributed by atoms with E-state index in [9.17, 15) is 13.2 Å². The molecule has 0 aliphatic carbocycles. The molecule has 0 bridgehead atoms. The van der Waals surface area contributed by atoms with Crippen molar-refractivity contribution >= 4 is 21.6 Å². The first-order chi connectivity index (χ1) is 8.79. The van der Waals surface area contributed by atoms with Crippen molar-refractivity contribution < 1.29 is 13.2 Å². The monoisotopic (exact) mass is 336 g/mol. The van der Waals surface area contributed by atoms with Crippen molar-refractivity contribution in [2.24, 2.45) is 5.73 Å². The van der Waals surface area contributed by atoms with Gasteiger partial charge in [-0.2, -0.15) is 13.2 Å². The van der Waals surface area contributed by atoms with Crippen molar-refractivity contribution in [3.05, 3.63) is 28.2 Å². The second-order valence-corrected chi connectivity index (χ2v) is 5.84. The summed E-state index contributed by atoms with van der Waals surface area (Å²) in [6.07, 6.45) is -2.73. The number of halogens is 4. The van der Waals surface area contributed by atoms with E-state index < -0.39 is 11.7 Å². The SMILES string of the molecule is CC1CC(N)CCN1c1ccc(Br)c(C(F)(F)F)c1. The highest BCUT2D eigenvalue weighted by Crippen LogP contribution is 2.38. The minimum absolute atomic E-state index is 0.0742. The van der Waals surface area contributed by atoms with E-state index in [4.69, 9.17) is 5.73 Å². The topological polar surface area (TPSA) is 29.3 Å². The Labute approximate surface area is 118 Å². The van der Waals surface area contributed by atoms with Crippen LogP contribution in [0.15, 0.2) is 22.7 Å². The predicted molar refractivity (Wildman–Crippen MR) is 73.2 cm³/mol. The minimum Gasteiger partial charge on any atom is -0.369 e. The maximum atomic E-state index is 12.9. The molecular weight excluding hydrogens is 321 g/mol. The van der Waals surface area contributed by atoms with Crippen LogP contribution in [0.1, 0.15) is 25.3 Å². The molecule has 19 heavy (non-hydrogen) atoms. The van der Waals surface area contributed by atoms with Crippen LogP contribution < -0.4 is 10.6 Å². The zero-order chi connectivity index (χ0) is 14.2. The third-order valence-corrected chi connectivity index (χ3v) is 4.20. The summed E-state index contributed by atoms with van der Waals surface area (Å²) >= 11 is 2.96. The number of nitrogens with zero attached hydrogens (tertiary/aromatic N) is 1. The van der Waals surface area contributed by atoms with Gasteiger partial charge in [-0.3, -0.25) is 0 Å². The lowest BCUT2D eigenvalue weighted by atomic mass is 9.98. The van der Waals surface area contributed by atoms with Crippen LogP contribution in [0.3, 0.4) is 0 Å². The van der Waals surface area contributed by atoms with Gasteiger partial charge in [0, 0.05) is 28.8 Å². The van der Waals surface area contributed by atoms with Crippen LogP contribution in [0, 0.1) is 0 Å². The molecular formula is C13H16BrF3N2.